The lowest BCUT2D eigenvalue weighted by Gasteiger charge is -2.22. The highest BCUT2D eigenvalue weighted by molar-refractivity contribution is 7.92. The van der Waals surface area contributed by atoms with E-state index in [0.717, 1.165) is 0 Å². The molecule has 0 spiro atoms. The second-order valence-electron chi connectivity index (χ2n) is 6.45. The van der Waals surface area contributed by atoms with Gasteiger partial charge in [-0.3, -0.25) is 9.52 Å². The molecule has 0 aliphatic heterocycles. The molecule has 0 bridgehead atoms. The van der Waals surface area contributed by atoms with Crippen LogP contribution < -0.4 is 10.5 Å². The zero-order valence-corrected chi connectivity index (χ0v) is 14.8. The van der Waals surface area contributed by atoms with Crippen LogP contribution in [0.1, 0.15) is 53.9 Å². The molecule has 25 heavy (non-hydrogen) atoms. The van der Waals surface area contributed by atoms with Crippen molar-refractivity contribution >= 4 is 21.6 Å². The Morgan fingerprint density at radius 2 is 1.52 bits per heavy atom. The van der Waals surface area contributed by atoms with E-state index in [2.05, 4.69) is 4.72 Å². The molecule has 0 heterocycles. The number of nitrogens with one attached hydrogen (secondary N) is 1. The maximum Gasteiger partial charge on any atom is 0.261 e. The van der Waals surface area contributed by atoms with Gasteiger partial charge in [0.2, 0.25) is 5.91 Å². The van der Waals surface area contributed by atoms with E-state index in [1.54, 1.807) is 12.1 Å². The summed E-state index contributed by atoms with van der Waals surface area (Å²) in [5, 5.41) is 0. The Morgan fingerprint density at radius 1 is 0.920 bits per heavy atom. The van der Waals surface area contributed by atoms with Gasteiger partial charge < -0.3 is 5.73 Å². The van der Waals surface area contributed by atoms with Crippen LogP contribution in [-0.4, -0.2) is 14.3 Å². The van der Waals surface area contributed by atoms with E-state index in [9.17, 15) is 13.2 Å². The van der Waals surface area contributed by atoms with Crippen LogP contribution in [0.3, 0.4) is 0 Å². The Balaban J connectivity index is 1.74. The monoisotopic (exact) mass is 358 g/mol. The molecule has 0 radical (unpaired) electrons. The van der Waals surface area contributed by atoms with Crippen molar-refractivity contribution in [3.63, 3.8) is 0 Å². The van der Waals surface area contributed by atoms with Crippen molar-refractivity contribution in [2.24, 2.45) is 5.73 Å². The van der Waals surface area contributed by atoms with Gasteiger partial charge in [-0.15, -0.1) is 0 Å². The van der Waals surface area contributed by atoms with Crippen LogP contribution in [0.5, 0.6) is 0 Å². The third kappa shape index (κ3) is 4.20. The number of primary amides is 1. The average Bonchev–Trinajstić information content (AvgIpc) is 2.63. The van der Waals surface area contributed by atoms with E-state index in [4.69, 9.17) is 5.73 Å². The maximum absolute atomic E-state index is 12.5. The molecule has 132 valence electrons. The van der Waals surface area contributed by atoms with Crippen LogP contribution >= 0.6 is 0 Å². The number of amides is 1. The van der Waals surface area contributed by atoms with Gasteiger partial charge >= 0.3 is 0 Å². The molecular weight excluding hydrogens is 336 g/mol. The Kier molecular flexibility index (Phi) is 5.08. The molecular formula is C19H22N2O3S. The van der Waals surface area contributed by atoms with Crippen molar-refractivity contribution in [1.82, 2.24) is 0 Å². The summed E-state index contributed by atoms with van der Waals surface area (Å²) >= 11 is 0. The summed E-state index contributed by atoms with van der Waals surface area (Å²) in [6.45, 7) is 0. The number of carbonyl (C=O) groups excluding carboxylic acids is 1. The number of hydrogen-bond acceptors (Lipinski definition) is 3. The summed E-state index contributed by atoms with van der Waals surface area (Å²) in [6, 6.07) is 13.2. The summed E-state index contributed by atoms with van der Waals surface area (Å²) < 4.78 is 27.5. The minimum Gasteiger partial charge on any atom is -0.366 e. The summed E-state index contributed by atoms with van der Waals surface area (Å²) in [5.74, 6) is -0.00693. The molecule has 1 saturated carbocycles. The van der Waals surface area contributed by atoms with Crippen LogP contribution in [0.15, 0.2) is 53.4 Å². The van der Waals surface area contributed by atoms with E-state index in [1.165, 1.54) is 61.9 Å². The van der Waals surface area contributed by atoms with Gasteiger partial charge in [-0.05, 0) is 60.7 Å². The third-order valence-corrected chi connectivity index (χ3v) is 6.09. The molecule has 1 amide bonds. The van der Waals surface area contributed by atoms with Crippen molar-refractivity contribution in [3.8, 4) is 0 Å². The number of nitrogens with two attached hydrogens (primary N) is 1. The lowest BCUT2D eigenvalue weighted by Crippen LogP contribution is -2.14. The second kappa shape index (κ2) is 7.27. The van der Waals surface area contributed by atoms with E-state index in [0.29, 0.717) is 17.2 Å². The second-order valence-corrected chi connectivity index (χ2v) is 8.13. The van der Waals surface area contributed by atoms with E-state index in [-0.39, 0.29) is 4.90 Å². The number of sulfonamides is 1. The van der Waals surface area contributed by atoms with Gasteiger partial charge in [0.15, 0.2) is 0 Å². The molecule has 0 aromatic heterocycles. The fourth-order valence-corrected chi connectivity index (χ4v) is 4.33. The van der Waals surface area contributed by atoms with Crippen LogP contribution in [0.2, 0.25) is 0 Å². The summed E-state index contributed by atoms with van der Waals surface area (Å²) in [4.78, 5) is 11.3. The number of hydrogen-bond donors (Lipinski definition) is 2. The van der Waals surface area contributed by atoms with E-state index in [1.807, 2.05) is 12.1 Å². The van der Waals surface area contributed by atoms with Gasteiger partial charge in [-0.1, -0.05) is 31.4 Å². The molecule has 2 aromatic rings. The van der Waals surface area contributed by atoms with Gasteiger partial charge in [0.05, 0.1) is 4.90 Å². The fourth-order valence-electron chi connectivity index (χ4n) is 3.27. The Labute approximate surface area is 148 Å². The predicted octanol–water partition coefficient (Wildman–Crippen LogP) is 3.63. The first-order valence-electron chi connectivity index (χ1n) is 8.48. The number of carbonyl (C=O) groups is 1. The minimum atomic E-state index is -3.66. The van der Waals surface area contributed by atoms with Crippen molar-refractivity contribution in [2.45, 2.75) is 42.9 Å². The quantitative estimate of drug-likeness (QED) is 0.855. The lowest BCUT2D eigenvalue weighted by atomic mass is 9.84. The maximum atomic E-state index is 12.5. The SMILES string of the molecule is NC(=O)c1ccc(NS(=O)(=O)c2ccc(C3CCCCC3)cc2)cc1. The molecule has 0 unspecified atom stereocenters. The molecule has 0 saturated heterocycles. The Hall–Kier alpha value is -2.34. The summed E-state index contributed by atoms with van der Waals surface area (Å²) in [5.41, 5.74) is 7.12. The predicted molar refractivity (Wildman–Crippen MR) is 98.0 cm³/mol. The van der Waals surface area contributed by atoms with Crippen LogP contribution in [0.4, 0.5) is 5.69 Å². The summed E-state index contributed by atoms with van der Waals surface area (Å²) in [6.07, 6.45) is 6.13. The molecule has 3 N–H and O–H groups in total. The summed E-state index contributed by atoms with van der Waals surface area (Å²) in [7, 11) is -3.66. The Morgan fingerprint density at radius 3 is 2.08 bits per heavy atom. The highest BCUT2D eigenvalue weighted by atomic mass is 32.2. The van der Waals surface area contributed by atoms with Crippen molar-refractivity contribution in [2.75, 3.05) is 4.72 Å². The van der Waals surface area contributed by atoms with Crippen LogP contribution in [0.25, 0.3) is 0 Å². The largest absolute Gasteiger partial charge is 0.366 e. The first-order chi connectivity index (χ1) is 12.0. The average molecular weight is 358 g/mol. The van der Waals surface area contributed by atoms with Crippen LogP contribution in [-0.2, 0) is 10.0 Å². The zero-order chi connectivity index (χ0) is 17.9. The zero-order valence-electron chi connectivity index (χ0n) is 13.9. The highest BCUT2D eigenvalue weighted by Gasteiger charge is 2.18. The molecule has 1 aliphatic rings. The standard InChI is InChI=1S/C19H22N2O3S/c20-19(22)16-6-10-17(11-7-16)21-25(23,24)18-12-8-15(9-13-18)14-4-2-1-3-5-14/h6-14,21H,1-5H2,(H2,20,22). The lowest BCUT2D eigenvalue weighted by molar-refractivity contribution is 0.100. The van der Waals surface area contributed by atoms with Crippen molar-refractivity contribution in [1.29, 1.82) is 0 Å². The smallest absolute Gasteiger partial charge is 0.261 e. The topological polar surface area (TPSA) is 89.3 Å². The number of anilines is 1. The van der Waals surface area contributed by atoms with Crippen molar-refractivity contribution in [3.05, 3.63) is 59.7 Å². The molecule has 2 aromatic carbocycles. The molecule has 1 fully saturated rings. The van der Waals surface area contributed by atoms with E-state index < -0.39 is 15.9 Å². The van der Waals surface area contributed by atoms with Gasteiger partial charge in [0.25, 0.3) is 10.0 Å². The van der Waals surface area contributed by atoms with E-state index >= 15 is 0 Å². The highest BCUT2D eigenvalue weighted by Crippen LogP contribution is 2.33. The molecule has 0 atom stereocenters. The third-order valence-electron chi connectivity index (χ3n) is 4.69. The molecule has 5 nitrogen and oxygen atoms in total. The first-order valence-corrected chi connectivity index (χ1v) is 9.97. The molecule has 6 heteroatoms. The van der Waals surface area contributed by atoms with Crippen molar-refractivity contribution < 1.29 is 13.2 Å². The molecule has 3 rings (SSSR count). The number of rotatable bonds is 5. The number of benzene rings is 2. The van der Waals surface area contributed by atoms with Gasteiger partial charge in [-0.25, -0.2) is 8.42 Å². The normalized spacial score (nSPS) is 15.7. The minimum absolute atomic E-state index is 0.228. The fraction of sp³-hybridized carbons (Fsp3) is 0.316. The molecule has 1 aliphatic carbocycles. The Bertz CT molecular complexity index is 837. The van der Waals surface area contributed by atoms with Gasteiger partial charge in [-0.2, -0.15) is 0 Å². The first kappa shape index (κ1) is 17.5. The van der Waals surface area contributed by atoms with Crippen LogP contribution in [0, 0.1) is 0 Å². The van der Waals surface area contributed by atoms with Gasteiger partial charge in [0.1, 0.15) is 0 Å². The van der Waals surface area contributed by atoms with Gasteiger partial charge in [0, 0.05) is 11.3 Å².